The van der Waals surface area contributed by atoms with E-state index in [1.165, 1.54) is 5.56 Å². The Morgan fingerprint density at radius 2 is 2.26 bits per heavy atom. The molecule has 2 heterocycles. The van der Waals surface area contributed by atoms with Gasteiger partial charge in [-0.2, -0.15) is 5.10 Å². The van der Waals surface area contributed by atoms with Gasteiger partial charge in [0, 0.05) is 19.2 Å². The number of fused-ring (bicyclic) bond motifs is 1. The molecule has 5 nitrogen and oxygen atoms in total. The predicted octanol–water partition coefficient (Wildman–Crippen LogP) is 1.66. The summed E-state index contributed by atoms with van der Waals surface area (Å²) in [6, 6.07) is 0. The quantitative estimate of drug-likeness (QED) is 0.883. The Morgan fingerprint density at radius 3 is 3.05 bits per heavy atom. The van der Waals surface area contributed by atoms with Crippen molar-refractivity contribution in [3.63, 3.8) is 0 Å². The minimum absolute atomic E-state index is 0.00928. The lowest BCUT2D eigenvalue weighted by atomic mass is 9.94. The molecule has 1 aliphatic carbocycles. The lowest BCUT2D eigenvalue weighted by molar-refractivity contribution is -0.127. The van der Waals surface area contributed by atoms with E-state index < -0.39 is 0 Å². The van der Waals surface area contributed by atoms with Gasteiger partial charge in [0.15, 0.2) is 0 Å². The van der Waals surface area contributed by atoms with Crippen molar-refractivity contribution < 1.29 is 9.53 Å². The van der Waals surface area contributed by atoms with Gasteiger partial charge in [0.1, 0.15) is 5.82 Å². The summed E-state index contributed by atoms with van der Waals surface area (Å²) in [7, 11) is 1.90. The van der Waals surface area contributed by atoms with E-state index in [0.29, 0.717) is 0 Å². The first-order valence-corrected chi connectivity index (χ1v) is 7.14. The van der Waals surface area contributed by atoms with Crippen LogP contribution < -0.4 is 5.32 Å². The summed E-state index contributed by atoms with van der Waals surface area (Å²) in [5.74, 6) is 0.917. The van der Waals surface area contributed by atoms with Crippen LogP contribution in [-0.4, -0.2) is 28.4 Å². The van der Waals surface area contributed by atoms with E-state index in [2.05, 4.69) is 10.4 Å². The maximum atomic E-state index is 12.4. The molecule has 1 fully saturated rings. The molecule has 1 aliphatic heterocycles. The van der Waals surface area contributed by atoms with Gasteiger partial charge in [0.2, 0.25) is 5.91 Å². The lowest BCUT2D eigenvalue weighted by Gasteiger charge is -2.28. The van der Waals surface area contributed by atoms with Crippen LogP contribution in [-0.2, 0) is 29.4 Å². The normalized spacial score (nSPS) is 26.2. The van der Waals surface area contributed by atoms with E-state index in [4.69, 9.17) is 4.74 Å². The highest BCUT2D eigenvalue weighted by atomic mass is 16.5. The van der Waals surface area contributed by atoms with Crippen molar-refractivity contribution >= 4 is 11.7 Å². The summed E-state index contributed by atoms with van der Waals surface area (Å²) in [4.78, 5) is 12.4. The summed E-state index contributed by atoms with van der Waals surface area (Å²) < 4.78 is 7.37. The molecule has 1 aromatic heterocycles. The second-order valence-electron chi connectivity index (χ2n) is 5.56. The van der Waals surface area contributed by atoms with E-state index in [0.717, 1.165) is 50.2 Å². The summed E-state index contributed by atoms with van der Waals surface area (Å²) in [5.41, 5.74) is 2.37. The fraction of sp³-hybridized carbons (Fsp3) is 0.714. The van der Waals surface area contributed by atoms with Gasteiger partial charge in [0.25, 0.3) is 0 Å². The molecule has 0 aromatic carbocycles. The van der Waals surface area contributed by atoms with E-state index in [-0.39, 0.29) is 17.9 Å². The molecule has 1 N–H and O–H groups in total. The van der Waals surface area contributed by atoms with Crippen molar-refractivity contribution in [2.24, 2.45) is 13.0 Å². The summed E-state index contributed by atoms with van der Waals surface area (Å²) in [6.07, 6.45) is 5.08. The predicted molar refractivity (Wildman–Crippen MR) is 72.0 cm³/mol. The molecule has 0 spiro atoms. The Kier molecular flexibility index (Phi) is 3.31. The van der Waals surface area contributed by atoms with Crippen molar-refractivity contribution in [1.29, 1.82) is 0 Å². The first kappa shape index (κ1) is 12.7. The highest BCUT2D eigenvalue weighted by Crippen LogP contribution is 2.29. The number of carbonyl (C=O) groups excluding carboxylic acids is 1. The molecule has 104 valence electrons. The van der Waals surface area contributed by atoms with E-state index >= 15 is 0 Å². The number of amides is 1. The van der Waals surface area contributed by atoms with Gasteiger partial charge in [-0.05, 0) is 39.0 Å². The van der Waals surface area contributed by atoms with Gasteiger partial charge in [-0.25, -0.2) is 0 Å². The topological polar surface area (TPSA) is 56.1 Å². The third-order valence-electron chi connectivity index (χ3n) is 4.25. The Morgan fingerprint density at radius 1 is 1.42 bits per heavy atom. The van der Waals surface area contributed by atoms with Gasteiger partial charge in [0.05, 0.1) is 17.7 Å². The Hall–Kier alpha value is -1.36. The van der Waals surface area contributed by atoms with Crippen molar-refractivity contribution in [1.82, 2.24) is 9.78 Å². The van der Waals surface area contributed by atoms with Crippen molar-refractivity contribution in [3.8, 4) is 0 Å². The first-order valence-electron chi connectivity index (χ1n) is 7.14. The zero-order valence-corrected chi connectivity index (χ0v) is 11.6. The van der Waals surface area contributed by atoms with Crippen LogP contribution in [0.5, 0.6) is 0 Å². The minimum atomic E-state index is -0.0410. The highest BCUT2D eigenvalue weighted by Gasteiger charge is 2.30. The molecule has 1 amide bonds. The standard InChI is InChI=1S/C14H21N3O2/c1-9-10(6-4-8-19-9)14(18)15-13-11-5-3-7-12(11)16-17(13)2/h9-10H,3-8H2,1-2H3,(H,15,18)/t9-,10-/m0/s1. The van der Waals surface area contributed by atoms with E-state index in [9.17, 15) is 4.79 Å². The largest absolute Gasteiger partial charge is 0.378 e. The first-order chi connectivity index (χ1) is 9.16. The van der Waals surface area contributed by atoms with Gasteiger partial charge in [-0.3, -0.25) is 9.48 Å². The average Bonchev–Trinajstić information content (AvgIpc) is 2.93. The number of rotatable bonds is 2. The minimum Gasteiger partial charge on any atom is -0.378 e. The van der Waals surface area contributed by atoms with Gasteiger partial charge in [-0.1, -0.05) is 0 Å². The molecule has 19 heavy (non-hydrogen) atoms. The molecule has 0 radical (unpaired) electrons. The third kappa shape index (κ3) is 2.27. The molecule has 1 aromatic rings. The zero-order chi connectivity index (χ0) is 13.4. The number of ether oxygens (including phenoxy) is 1. The highest BCUT2D eigenvalue weighted by molar-refractivity contribution is 5.93. The number of hydrogen-bond donors (Lipinski definition) is 1. The molecule has 2 atom stereocenters. The van der Waals surface area contributed by atoms with Crippen LogP contribution in [0.15, 0.2) is 0 Å². The molecular formula is C14H21N3O2. The van der Waals surface area contributed by atoms with Gasteiger partial charge >= 0.3 is 0 Å². The number of nitrogens with zero attached hydrogens (tertiary/aromatic N) is 2. The number of nitrogens with one attached hydrogen (secondary N) is 1. The molecule has 1 saturated heterocycles. The molecule has 0 unspecified atom stereocenters. The molecule has 0 saturated carbocycles. The number of aryl methyl sites for hydroxylation is 2. The van der Waals surface area contributed by atoms with Crippen molar-refractivity contribution in [2.75, 3.05) is 11.9 Å². The van der Waals surface area contributed by atoms with Crippen LogP contribution in [0.1, 0.15) is 37.4 Å². The Labute approximate surface area is 113 Å². The maximum Gasteiger partial charge on any atom is 0.231 e. The molecular weight excluding hydrogens is 242 g/mol. The second-order valence-corrected chi connectivity index (χ2v) is 5.56. The molecule has 3 rings (SSSR count). The second kappa shape index (κ2) is 4.96. The van der Waals surface area contributed by atoms with E-state index in [1.54, 1.807) is 4.68 Å². The number of aromatic nitrogens is 2. The summed E-state index contributed by atoms with van der Waals surface area (Å²) in [6.45, 7) is 2.75. The Balaban J connectivity index is 1.76. The fourth-order valence-corrected chi connectivity index (χ4v) is 3.15. The molecule has 5 heteroatoms. The van der Waals surface area contributed by atoms with Crippen LogP contribution in [0.25, 0.3) is 0 Å². The van der Waals surface area contributed by atoms with Crippen LogP contribution in [0.4, 0.5) is 5.82 Å². The SMILES string of the molecule is C[C@@H]1OCCC[C@@H]1C(=O)Nc1c2c(nn1C)CCC2. The van der Waals surface area contributed by atoms with Crippen LogP contribution in [0.3, 0.4) is 0 Å². The van der Waals surface area contributed by atoms with E-state index in [1.807, 2.05) is 14.0 Å². The average molecular weight is 263 g/mol. The smallest absolute Gasteiger partial charge is 0.231 e. The lowest BCUT2D eigenvalue weighted by Crippen LogP contribution is -2.36. The number of carbonyl (C=O) groups is 1. The number of anilines is 1. The fourth-order valence-electron chi connectivity index (χ4n) is 3.15. The van der Waals surface area contributed by atoms with Crippen molar-refractivity contribution in [3.05, 3.63) is 11.3 Å². The van der Waals surface area contributed by atoms with Crippen molar-refractivity contribution in [2.45, 2.75) is 45.1 Å². The Bertz CT molecular complexity index is 495. The molecule has 2 aliphatic rings. The van der Waals surface area contributed by atoms with Gasteiger partial charge in [-0.15, -0.1) is 0 Å². The van der Waals surface area contributed by atoms with Crippen LogP contribution in [0.2, 0.25) is 0 Å². The monoisotopic (exact) mass is 263 g/mol. The maximum absolute atomic E-state index is 12.4. The zero-order valence-electron chi connectivity index (χ0n) is 11.6. The number of hydrogen-bond acceptors (Lipinski definition) is 3. The molecule has 0 bridgehead atoms. The van der Waals surface area contributed by atoms with Crippen LogP contribution >= 0.6 is 0 Å². The third-order valence-corrected chi connectivity index (χ3v) is 4.25. The summed E-state index contributed by atoms with van der Waals surface area (Å²) >= 11 is 0. The van der Waals surface area contributed by atoms with Crippen LogP contribution in [0, 0.1) is 5.92 Å². The van der Waals surface area contributed by atoms with Gasteiger partial charge < -0.3 is 10.1 Å². The summed E-state index contributed by atoms with van der Waals surface area (Å²) in [5, 5.41) is 7.55.